The molecule has 1 rings (SSSR count). The zero-order valence-electron chi connectivity index (χ0n) is 8.40. The van der Waals surface area contributed by atoms with Crippen LogP contribution in [0.3, 0.4) is 0 Å². The number of aliphatic hydroxyl groups is 2. The van der Waals surface area contributed by atoms with Crippen LogP contribution in [0.15, 0.2) is 24.3 Å². The standard InChI is InChI=1S/C11H17NO2/c1-9-3-2-4-10(7-9)11(14)8-12-5-6-13/h2-4,7,11-14H,5-6,8H2,1H3. The zero-order valence-corrected chi connectivity index (χ0v) is 8.40. The highest BCUT2D eigenvalue weighted by molar-refractivity contribution is 5.24. The van der Waals surface area contributed by atoms with Gasteiger partial charge in [0.05, 0.1) is 12.7 Å². The van der Waals surface area contributed by atoms with Gasteiger partial charge in [-0.3, -0.25) is 0 Å². The fraction of sp³-hybridized carbons (Fsp3) is 0.455. The molecule has 3 nitrogen and oxygen atoms in total. The van der Waals surface area contributed by atoms with Crippen molar-refractivity contribution in [1.82, 2.24) is 5.32 Å². The van der Waals surface area contributed by atoms with Crippen LogP contribution in [0.5, 0.6) is 0 Å². The van der Waals surface area contributed by atoms with Crippen molar-refractivity contribution in [2.75, 3.05) is 19.7 Å². The summed E-state index contributed by atoms with van der Waals surface area (Å²) in [7, 11) is 0. The minimum atomic E-state index is -0.499. The highest BCUT2D eigenvalue weighted by Gasteiger charge is 2.05. The van der Waals surface area contributed by atoms with E-state index in [0.717, 1.165) is 11.1 Å². The van der Waals surface area contributed by atoms with Gasteiger partial charge in [0.2, 0.25) is 0 Å². The van der Waals surface area contributed by atoms with Crippen molar-refractivity contribution >= 4 is 0 Å². The van der Waals surface area contributed by atoms with Crippen LogP contribution < -0.4 is 5.32 Å². The van der Waals surface area contributed by atoms with E-state index in [2.05, 4.69) is 5.32 Å². The monoisotopic (exact) mass is 195 g/mol. The molecule has 78 valence electrons. The summed E-state index contributed by atoms with van der Waals surface area (Å²) < 4.78 is 0. The van der Waals surface area contributed by atoms with Crippen LogP contribution in [0.1, 0.15) is 17.2 Å². The van der Waals surface area contributed by atoms with E-state index >= 15 is 0 Å². The topological polar surface area (TPSA) is 52.5 Å². The van der Waals surface area contributed by atoms with E-state index in [9.17, 15) is 5.11 Å². The molecule has 0 aliphatic rings. The van der Waals surface area contributed by atoms with Gasteiger partial charge in [0.1, 0.15) is 0 Å². The molecule has 1 unspecified atom stereocenters. The first-order valence-corrected chi connectivity index (χ1v) is 4.80. The summed E-state index contributed by atoms with van der Waals surface area (Å²) in [6, 6.07) is 7.79. The number of nitrogens with one attached hydrogen (secondary N) is 1. The van der Waals surface area contributed by atoms with Gasteiger partial charge < -0.3 is 15.5 Å². The molecule has 0 radical (unpaired) electrons. The molecule has 1 aromatic rings. The first kappa shape index (κ1) is 11.2. The van der Waals surface area contributed by atoms with E-state index in [1.54, 1.807) is 0 Å². The molecule has 0 fully saturated rings. The van der Waals surface area contributed by atoms with Crippen LogP contribution >= 0.6 is 0 Å². The highest BCUT2D eigenvalue weighted by Crippen LogP contribution is 2.12. The number of hydrogen-bond acceptors (Lipinski definition) is 3. The van der Waals surface area contributed by atoms with Crippen LogP contribution in [-0.2, 0) is 0 Å². The Kier molecular flexibility index (Phi) is 4.59. The Morgan fingerprint density at radius 3 is 2.86 bits per heavy atom. The third kappa shape index (κ3) is 3.46. The summed E-state index contributed by atoms with van der Waals surface area (Å²) in [5.74, 6) is 0. The van der Waals surface area contributed by atoms with Crippen LogP contribution in [0.25, 0.3) is 0 Å². The van der Waals surface area contributed by atoms with Gasteiger partial charge in [-0.15, -0.1) is 0 Å². The van der Waals surface area contributed by atoms with Gasteiger partial charge in [-0.25, -0.2) is 0 Å². The fourth-order valence-corrected chi connectivity index (χ4v) is 1.31. The van der Waals surface area contributed by atoms with Gasteiger partial charge in [0, 0.05) is 13.1 Å². The Labute approximate surface area is 84.4 Å². The molecule has 1 atom stereocenters. The van der Waals surface area contributed by atoms with Crippen LogP contribution in [0.2, 0.25) is 0 Å². The van der Waals surface area contributed by atoms with Gasteiger partial charge in [-0.1, -0.05) is 29.8 Å². The molecule has 3 heteroatoms. The van der Waals surface area contributed by atoms with Crippen molar-refractivity contribution in [3.8, 4) is 0 Å². The molecule has 14 heavy (non-hydrogen) atoms. The predicted molar refractivity (Wildman–Crippen MR) is 56.1 cm³/mol. The molecule has 0 amide bonds. The summed E-state index contributed by atoms with van der Waals surface area (Å²) in [5.41, 5.74) is 2.05. The lowest BCUT2D eigenvalue weighted by Crippen LogP contribution is -2.24. The smallest absolute Gasteiger partial charge is 0.0914 e. The normalized spacial score (nSPS) is 12.8. The van der Waals surface area contributed by atoms with Crippen molar-refractivity contribution in [3.63, 3.8) is 0 Å². The van der Waals surface area contributed by atoms with Crippen LogP contribution in [0, 0.1) is 6.92 Å². The molecule has 0 aliphatic heterocycles. The number of aliphatic hydroxyl groups excluding tert-OH is 2. The second kappa shape index (κ2) is 5.75. The molecule has 0 heterocycles. The van der Waals surface area contributed by atoms with Gasteiger partial charge in [0.15, 0.2) is 0 Å². The minimum absolute atomic E-state index is 0.0978. The number of rotatable bonds is 5. The first-order chi connectivity index (χ1) is 6.74. The molecule has 0 saturated carbocycles. The van der Waals surface area contributed by atoms with E-state index < -0.39 is 6.10 Å². The molecule has 1 aromatic carbocycles. The summed E-state index contributed by atoms with van der Waals surface area (Å²) in [5, 5.41) is 21.2. The fourth-order valence-electron chi connectivity index (χ4n) is 1.31. The summed E-state index contributed by atoms with van der Waals surface area (Å²) in [6.07, 6.45) is -0.499. The maximum Gasteiger partial charge on any atom is 0.0914 e. The molecular weight excluding hydrogens is 178 g/mol. The summed E-state index contributed by atoms with van der Waals surface area (Å²) in [4.78, 5) is 0. The second-order valence-corrected chi connectivity index (χ2v) is 3.36. The largest absolute Gasteiger partial charge is 0.395 e. The Morgan fingerprint density at radius 2 is 2.21 bits per heavy atom. The van der Waals surface area contributed by atoms with Crippen molar-refractivity contribution < 1.29 is 10.2 Å². The lowest BCUT2D eigenvalue weighted by atomic mass is 10.1. The Hall–Kier alpha value is -0.900. The molecule has 0 saturated heterocycles. The molecule has 0 spiro atoms. The first-order valence-electron chi connectivity index (χ1n) is 4.80. The molecule has 0 bridgehead atoms. The van der Waals surface area contributed by atoms with Gasteiger partial charge >= 0.3 is 0 Å². The molecule has 0 aromatic heterocycles. The minimum Gasteiger partial charge on any atom is -0.395 e. The molecular formula is C11H17NO2. The van der Waals surface area contributed by atoms with Gasteiger partial charge in [0.25, 0.3) is 0 Å². The maximum absolute atomic E-state index is 9.73. The average molecular weight is 195 g/mol. The number of aryl methyl sites for hydroxylation is 1. The predicted octanol–water partition coefficient (Wildman–Crippen LogP) is 0.610. The Bertz CT molecular complexity index is 276. The molecule has 3 N–H and O–H groups in total. The summed E-state index contributed by atoms with van der Waals surface area (Å²) >= 11 is 0. The van der Waals surface area contributed by atoms with Crippen molar-refractivity contribution in [3.05, 3.63) is 35.4 Å². The van der Waals surface area contributed by atoms with Crippen molar-refractivity contribution in [2.24, 2.45) is 0 Å². The quantitative estimate of drug-likeness (QED) is 0.603. The van der Waals surface area contributed by atoms with Crippen molar-refractivity contribution in [2.45, 2.75) is 13.0 Å². The Morgan fingerprint density at radius 1 is 1.43 bits per heavy atom. The number of benzene rings is 1. The van der Waals surface area contributed by atoms with Gasteiger partial charge in [-0.05, 0) is 12.5 Å². The zero-order chi connectivity index (χ0) is 10.4. The van der Waals surface area contributed by atoms with E-state index in [4.69, 9.17) is 5.11 Å². The second-order valence-electron chi connectivity index (χ2n) is 3.36. The third-order valence-corrected chi connectivity index (χ3v) is 2.05. The number of hydrogen-bond donors (Lipinski definition) is 3. The van der Waals surface area contributed by atoms with E-state index in [-0.39, 0.29) is 6.61 Å². The SMILES string of the molecule is Cc1cccc(C(O)CNCCO)c1. The molecule has 0 aliphatic carbocycles. The Balaban J connectivity index is 2.47. The van der Waals surface area contributed by atoms with Gasteiger partial charge in [-0.2, -0.15) is 0 Å². The average Bonchev–Trinajstić information content (AvgIpc) is 2.18. The highest BCUT2D eigenvalue weighted by atomic mass is 16.3. The lowest BCUT2D eigenvalue weighted by Gasteiger charge is -2.11. The van der Waals surface area contributed by atoms with E-state index in [1.165, 1.54) is 0 Å². The third-order valence-electron chi connectivity index (χ3n) is 2.05. The van der Waals surface area contributed by atoms with Crippen LogP contribution in [-0.4, -0.2) is 29.9 Å². The lowest BCUT2D eigenvalue weighted by molar-refractivity contribution is 0.171. The van der Waals surface area contributed by atoms with Crippen molar-refractivity contribution in [1.29, 1.82) is 0 Å². The van der Waals surface area contributed by atoms with Crippen LogP contribution in [0.4, 0.5) is 0 Å². The maximum atomic E-state index is 9.73. The summed E-state index contributed by atoms with van der Waals surface area (Å²) in [6.45, 7) is 3.09. The van der Waals surface area contributed by atoms with E-state index in [0.29, 0.717) is 13.1 Å². The van der Waals surface area contributed by atoms with E-state index in [1.807, 2.05) is 31.2 Å².